The van der Waals surface area contributed by atoms with Crippen LogP contribution in [-0.2, 0) is 9.53 Å². The van der Waals surface area contributed by atoms with Crippen molar-refractivity contribution in [1.29, 1.82) is 0 Å². The van der Waals surface area contributed by atoms with Crippen LogP contribution in [0.25, 0.3) is 0 Å². The number of likely N-dealkylation sites (tertiary alicyclic amines) is 1. The number of rotatable bonds is 9. The molecule has 1 aromatic rings. The molecular formula is C18H25F3N2O4. The lowest BCUT2D eigenvalue weighted by Gasteiger charge is -2.32. The molecule has 1 aromatic carbocycles. The molecule has 6 nitrogen and oxygen atoms in total. The average molecular weight is 390 g/mol. The molecule has 1 fully saturated rings. The van der Waals surface area contributed by atoms with Crippen LogP contribution in [0.4, 0.5) is 13.2 Å². The molecule has 0 radical (unpaired) electrons. The van der Waals surface area contributed by atoms with Crippen LogP contribution >= 0.6 is 0 Å². The van der Waals surface area contributed by atoms with Gasteiger partial charge in [0.15, 0.2) is 24.7 Å². The van der Waals surface area contributed by atoms with E-state index in [1.165, 1.54) is 18.2 Å². The number of piperidine rings is 1. The van der Waals surface area contributed by atoms with E-state index in [1.807, 2.05) is 0 Å². The highest BCUT2D eigenvalue weighted by Crippen LogP contribution is 2.28. The summed E-state index contributed by atoms with van der Waals surface area (Å²) in [6, 6.07) is 5.98. The molecule has 0 spiro atoms. The number of nitrogens with zero attached hydrogens (tertiary/aromatic N) is 1. The van der Waals surface area contributed by atoms with E-state index in [0.29, 0.717) is 26.2 Å². The summed E-state index contributed by atoms with van der Waals surface area (Å²) < 4.78 is 52.8. The summed E-state index contributed by atoms with van der Waals surface area (Å²) in [4.78, 5) is 14.0. The number of benzene rings is 1. The third kappa shape index (κ3) is 7.64. The summed E-state index contributed by atoms with van der Waals surface area (Å²) in [5.41, 5.74) is 5.43. The lowest BCUT2D eigenvalue weighted by molar-refractivity contribution is -0.153. The third-order valence-electron chi connectivity index (χ3n) is 4.09. The number of hydrogen-bond donors (Lipinski definition) is 1. The van der Waals surface area contributed by atoms with Crippen molar-refractivity contribution in [1.82, 2.24) is 4.90 Å². The highest BCUT2D eigenvalue weighted by molar-refractivity contribution is 5.78. The minimum Gasteiger partial charge on any atom is -0.480 e. The molecule has 1 aliphatic rings. The van der Waals surface area contributed by atoms with Gasteiger partial charge in [-0.25, -0.2) is 0 Å². The number of amides is 1. The van der Waals surface area contributed by atoms with E-state index in [4.69, 9.17) is 19.9 Å². The zero-order valence-corrected chi connectivity index (χ0v) is 15.0. The molecule has 1 saturated heterocycles. The van der Waals surface area contributed by atoms with Gasteiger partial charge in [-0.1, -0.05) is 12.1 Å². The van der Waals surface area contributed by atoms with E-state index < -0.39 is 12.8 Å². The predicted molar refractivity (Wildman–Crippen MR) is 92.7 cm³/mol. The Morgan fingerprint density at radius 2 is 1.78 bits per heavy atom. The van der Waals surface area contributed by atoms with Crippen LogP contribution in [0.1, 0.15) is 19.3 Å². The van der Waals surface area contributed by atoms with Gasteiger partial charge in [0.05, 0.1) is 6.10 Å². The van der Waals surface area contributed by atoms with Crippen LogP contribution in [0, 0.1) is 0 Å². The lowest BCUT2D eigenvalue weighted by atomic mass is 10.1. The average Bonchev–Trinajstić information content (AvgIpc) is 2.65. The first kappa shape index (κ1) is 21.3. The van der Waals surface area contributed by atoms with Gasteiger partial charge < -0.3 is 24.8 Å². The summed E-state index contributed by atoms with van der Waals surface area (Å²) in [7, 11) is 0. The van der Waals surface area contributed by atoms with Gasteiger partial charge in [0, 0.05) is 19.7 Å². The molecule has 0 aromatic heterocycles. The Balaban J connectivity index is 1.78. The van der Waals surface area contributed by atoms with Crippen molar-refractivity contribution >= 4 is 5.91 Å². The largest absolute Gasteiger partial charge is 0.480 e. The first-order chi connectivity index (χ1) is 12.9. The van der Waals surface area contributed by atoms with Gasteiger partial charge in [-0.2, -0.15) is 13.2 Å². The smallest absolute Gasteiger partial charge is 0.422 e. The van der Waals surface area contributed by atoms with Gasteiger partial charge in [-0.15, -0.1) is 0 Å². The SMILES string of the molecule is NCCCOC1CCN(C(=O)COc2ccccc2OCC(F)(F)F)CC1. The molecule has 0 unspecified atom stereocenters. The number of halogens is 3. The van der Waals surface area contributed by atoms with E-state index >= 15 is 0 Å². The summed E-state index contributed by atoms with van der Waals surface area (Å²) in [6.07, 6.45) is -2.04. The molecule has 0 bridgehead atoms. The first-order valence-corrected chi connectivity index (χ1v) is 8.90. The minimum atomic E-state index is -4.44. The topological polar surface area (TPSA) is 74.0 Å². The quantitative estimate of drug-likeness (QED) is 0.656. The van der Waals surface area contributed by atoms with Crippen molar-refractivity contribution < 1.29 is 32.2 Å². The lowest BCUT2D eigenvalue weighted by Crippen LogP contribution is -2.43. The van der Waals surface area contributed by atoms with E-state index in [1.54, 1.807) is 11.0 Å². The second-order valence-corrected chi connectivity index (χ2v) is 6.23. The number of alkyl halides is 3. The molecule has 9 heteroatoms. The first-order valence-electron chi connectivity index (χ1n) is 8.90. The van der Waals surface area contributed by atoms with Crippen LogP contribution in [0.5, 0.6) is 11.5 Å². The van der Waals surface area contributed by atoms with Crippen molar-refractivity contribution in [2.24, 2.45) is 5.73 Å². The van der Waals surface area contributed by atoms with Gasteiger partial charge in [0.25, 0.3) is 5.91 Å². The summed E-state index contributed by atoms with van der Waals surface area (Å²) >= 11 is 0. The van der Waals surface area contributed by atoms with Gasteiger partial charge >= 0.3 is 6.18 Å². The molecule has 152 valence electrons. The van der Waals surface area contributed by atoms with Crippen molar-refractivity contribution in [2.45, 2.75) is 31.5 Å². The second kappa shape index (κ2) is 10.4. The van der Waals surface area contributed by atoms with E-state index in [9.17, 15) is 18.0 Å². The van der Waals surface area contributed by atoms with Crippen molar-refractivity contribution in [2.75, 3.05) is 39.5 Å². The van der Waals surface area contributed by atoms with Crippen molar-refractivity contribution in [3.05, 3.63) is 24.3 Å². The summed E-state index contributed by atoms with van der Waals surface area (Å²) in [6.45, 7) is 0.642. The Bertz CT molecular complexity index is 590. The molecular weight excluding hydrogens is 365 g/mol. The molecule has 1 amide bonds. The maximum atomic E-state index is 12.3. The Morgan fingerprint density at radius 1 is 1.15 bits per heavy atom. The fourth-order valence-electron chi connectivity index (χ4n) is 2.68. The summed E-state index contributed by atoms with van der Waals surface area (Å²) in [5.74, 6) is -0.161. The number of para-hydroxylation sites is 2. The highest BCUT2D eigenvalue weighted by Gasteiger charge is 2.29. The van der Waals surface area contributed by atoms with Gasteiger partial charge in [-0.3, -0.25) is 4.79 Å². The second-order valence-electron chi connectivity index (χ2n) is 6.23. The number of carbonyl (C=O) groups is 1. The van der Waals surface area contributed by atoms with Gasteiger partial charge in [0.1, 0.15) is 0 Å². The van der Waals surface area contributed by atoms with Crippen LogP contribution in [0.15, 0.2) is 24.3 Å². The van der Waals surface area contributed by atoms with E-state index in [2.05, 4.69) is 0 Å². The van der Waals surface area contributed by atoms with E-state index in [0.717, 1.165) is 19.3 Å². The number of carbonyl (C=O) groups excluding carboxylic acids is 1. The predicted octanol–water partition coefficient (Wildman–Crippen LogP) is 2.36. The van der Waals surface area contributed by atoms with Crippen LogP contribution < -0.4 is 15.2 Å². The Kier molecular flexibility index (Phi) is 8.18. The van der Waals surface area contributed by atoms with E-state index in [-0.39, 0.29) is 30.1 Å². The maximum absolute atomic E-state index is 12.3. The molecule has 0 atom stereocenters. The zero-order valence-electron chi connectivity index (χ0n) is 15.0. The number of nitrogens with two attached hydrogens (primary N) is 1. The van der Waals surface area contributed by atoms with Crippen LogP contribution in [0.2, 0.25) is 0 Å². The van der Waals surface area contributed by atoms with Crippen LogP contribution in [0.3, 0.4) is 0 Å². The summed E-state index contributed by atoms with van der Waals surface area (Å²) in [5, 5.41) is 0. The Hall–Kier alpha value is -2.00. The maximum Gasteiger partial charge on any atom is 0.422 e. The standard InChI is InChI=1S/C18H25F3N2O4/c19-18(20,21)13-27-16-5-2-1-4-15(16)26-12-17(24)23-9-6-14(7-10-23)25-11-3-8-22/h1-2,4-5,14H,3,6-13,22H2. The molecule has 1 heterocycles. The zero-order chi connectivity index (χ0) is 19.7. The molecule has 1 aliphatic heterocycles. The molecule has 0 saturated carbocycles. The van der Waals surface area contributed by atoms with Crippen molar-refractivity contribution in [3.8, 4) is 11.5 Å². The Morgan fingerprint density at radius 3 is 2.37 bits per heavy atom. The fraction of sp³-hybridized carbons (Fsp3) is 0.611. The van der Waals surface area contributed by atoms with Crippen molar-refractivity contribution in [3.63, 3.8) is 0 Å². The van der Waals surface area contributed by atoms with Gasteiger partial charge in [-0.05, 0) is 37.9 Å². The minimum absolute atomic E-state index is 0.0466. The van der Waals surface area contributed by atoms with Gasteiger partial charge in [0.2, 0.25) is 0 Å². The number of hydrogen-bond acceptors (Lipinski definition) is 5. The molecule has 0 aliphatic carbocycles. The third-order valence-corrected chi connectivity index (χ3v) is 4.09. The van der Waals surface area contributed by atoms with Crippen LogP contribution in [-0.4, -0.2) is 62.5 Å². The molecule has 2 rings (SSSR count). The fourth-order valence-corrected chi connectivity index (χ4v) is 2.68. The molecule has 27 heavy (non-hydrogen) atoms. The highest BCUT2D eigenvalue weighted by atomic mass is 19.4. The number of ether oxygens (including phenoxy) is 3. The monoisotopic (exact) mass is 390 g/mol. The molecule has 2 N–H and O–H groups in total. The Labute approximate surface area is 156 Å². The normalized spacial score (nSPS) is 15.6.